The molecule has 0 fully saturated rings. The van der Waals surface area contributed by atoms with Gasteiger partial charge in [0, 0.05) is 27.8 Å². The summed E-state index contributed by atoms with van der Waals surface area (Å²) in [5.41, 5.74) is 5.98. The fourth-order valence-electron chi connectivity index (χ4n) is 2.44. The van der Waals surface area contributed by atoms with Crippen LogP contribution in [0.1, 0.15) is 37.4 Å². The molecule has 0 saturated carbocycles. The van der Waals surface area contributed by atoms with Crippen LogP contribution >= 0.6 is 0 Å². The van der Waals surface area contributed by atoms with Gasteiger partial charge in [-0.05, 0) is 18.2 Å². The van der Waals surface area contributed by atoms with Gasteiger partial charge in [0.1, 0.15) is 8.07 Å². The second-order valence-corrected chi connectivity index (χ2v) is 11.2. The Bertz CT molecular complexity index is 861. The Morgan fingerprint density at radius 3 is 1.91 bits per heavy atom. The Hall–Kier alpha value is -2.44. The SMILES string of the molecule is C[Si](C)(C)C#Cc1ccc2c(c1)C(=O)c1ccccc1C2=O. The lowest BCUT2D eigenvalue weighted by Gasteiger charge is -2.17. The minimum absolute atomic E-state index is 0.0881. The van der Waals surface area contributed by atoms with Crippen LogP contribution in [0.15, 0.2) is 42.5 Å². The smallest absolute Gasteiger partial charge is 0.194 e. The molecule has 0 radical (unpaired) electrons. The van der Waals surface area contributed by atoms with Crippen molar-refractivity contribution < 1.29 is 9.59 Å². The Kier molecular flexibility index (Phi) is 3.35. The summed E-state index contributed by atoms with van der Waals surface area (Å²) in [7, 11) is -1.48. The van der Waals surface area contributed by atoms with Gasteiger partial charge in [-0.2, -0.15) is 0 Å². The molecule has 3 heteroatoms. The Morgan fingerprint density at radius 1 is 0.773 bits per heavy atom. The molecule has 0 heterocycles. The third-order valence-electron chi connectivity index (χ3n) is 3.51. The van der Waals surface area contributed by atoms with Gasteiger partial charge < -0.3 is 0 Å². The molecule has 22 heavy (non-hydrogen) atoms. The molecule has 0 amide bonds. The molecular weight excluding hydrogens is 288 g/mol. The predicted molar refractivity (Wildman–Crippen MR) is 90.0 cm³/mol. The molecule has 0 N–H and O–H groups in total. The molecule has 3 rings (SSSR count). The molecule has 1 aliphatic rings. The van der Waals surface area contributed by atoms with Crippen LogP contribution < -0.4 is 0 Å². The fourth-order valence-corrected chi connectivity index (χ4v) is 2.96. The van der Waals surface area contributed by atoms with E-state index in [1.54, 1.807) is 36.4 Å². The lowest BCUT2D eigenvalue weighted by molar-refractivity contribution is 0.0979. The molecule has 0 aliphatic heterocycles. The summed E-state index contributed by atoms with van der Waals surface area (Å²) >= 11 is 0. The number of carbonyl (C=O) groups excluding carboxylic acids is 2. The first-order chi connectivity index (χ1) is 10.4. The third kappa shape index (κ3) is 2.54. The first-order valence-electron chi connectivity index (χ1n) is 7.22. The van der Waals surface area contributed by atoms with Crippen LogP contribution in [0.3, 0.4) is 0 Å². The summed E-state index contributed by atoms with van der Waals surface area (Å²) in [6.07, 6.45) is 0. The molecule has 0 atom stereocenters. The van der Waals surface area contributed by atoms with E-state index in [0.717, 1.165) is 5.56 Å². The van der Waals surface area contributed by atoms with E-state index in [9.17, 15) is 9.59 Å². The second-order valence-electron chi connectivity index (χ2n) is 6.46. The molecule has 2 aromatic carbocycles. The highest BCUT2D eigenvalue weighted by Crippen LogP contribution is 2.27. The summed E-state index contributed by atoms with van der Waals surface area (Å²) in [4.78, 5) is 25.1. The van der Waals surface area contributed by atoms with Crippen molar-refractivity contribution in [2.45, 2.75) is 19.6 Å². The minimum Gasteiger partial charge on any atom is -0.289 e. The quantitative estimate of drug-likeness (QED) is 0.469. The van der Waals surface area contributed by atoms with E-state index in [2.05, 4.69) is 31.1 Å². The number of rotatable bonds is 0. The van der Waals surface area contributed by atoms with Crippen LogP contribution in [-0.2, 0) is 0 Å². The van der Waals surface area contributed by atoms with Crippen LogP contribution in [0.5, 0.6) is 0 Å². The number of hydrogen-bond donors (Lipinski definition) is 0. The average Bonchev–Trinajstić information content (AvgIpc) is 2.50. The third-order valence-corrected chi connectivity index (χ3v) is 4.38. The number of ketones is 2. The Labute approximate surface area is 131 Å². The van der Waals surface area contributed by atoms with Crippen LogP contribution in [0, 0.1) is 11.5 Å². The van der Waals surface area contributed by atoms with Crippen molar-refractivity contribution >= 4 is 19.6 Å². The zero-order chi connectivity index (χ0) is 15.9. The Morgan fingerprint density at radius 2 is 1.32 bits per heavy atom. The van der Waals surface area contributed by atoms with E-state index in [4.69, 9.17) is 0 Å². The van der Waals surface area contributed by atoms with Crippen molar-refractivity contribution in [2.24, 2.45) is 0 Å². The lowest BCUT2D eigenvalue weighted by Crippen LogP contribution is -2.21. The minimum atomic E-state index is -1.48. The standard InChI is InChI=1S/C19H16O2Si/c1-22(2,3)11-10-13-8-9-16-17(12-13)19(21)15-7-5-4-6-14(15)18(16)20/h4-9,12H,1-3H3. The topological polar surface area (TPSA) is 34.1 Å². The highest BCUT2D eigenvalue weighted by molar-refractivity contribution is 6.83. The number of fused-ring (bicyclic) bond motifs is 2. The van der Waals surface area contributed by atoms with Crippen molar-refractivity contribution in [1.29, 1.82) is 0 Å². The maximum absolute atomic E-state index is 12.6. The summed E-state index contributed by atoms with van der Waals surface area (Å²) in [6.45, 7) is 6.51. The van der Waals surface area contributed by atoms with E-state index in [-0.39, 0.29) is 11.6 Å². The molecule has 2 nitrogen and oxygen atoms in total. The van der Waals surface area contributed by atoms with E-state index in [1.165, 1.54) is 0 Å². The van der Waals surface area contributed by atoms with Gasteiger partial charge in [0.15, 0.2) is 11.6 Å². The highest BCUT2D eigenvalue weighted by Gasteiger charge is 2.29. The summed E-state index contributed by atoms with van der Waals surface area (Å²) in [6, 6.07) is 12.3. The van der Waals surface area contributed by atoms with Crippen LogP contribution in [0.25, 0.3) is 0 Å². The Balaban J connectivity index is 2.12. The van der Waals surface area contributed by atoms with Crippen LogP contribution in [0.4, 0.5) is 0 Å². The molecule has 0 spiro atoms. The first kappa shape index (κ1) is 14.5. The monoisotopic (exact) mass is 304 g/mol. The van der Waals surface area contributed by atoms with Crippen molar-refractivity contribution in [3.63, 3.8) is 0 Å². The summed E-state index contributed by atoms with van der Waals surface area (Å²) in [5.74, 6) is 2.96. The van der Waals surface area contributed by atoms with Gasteiger partial charge in [-0.15, -0.1) is 5.54 Å². The molecular formula is C19H16O2Si. The van der Waals surface area contributed by atoms with Crippen LogP contribution in [0.2, 0.25) is 19.6 Å². The highest BCUT2D eigenvalue weighted by atomic mass is 28.3. The van der Waals surface area contributed by atoms with E-state index in [1.807, 2.05) is 6.07 Å². The van der Waals surface area contributed by atoms with Gasteiger partial charge in [0.05, 0.1) is 0 Å². The van der Waals surface area contributed by atoms with Gasteiger partial charge in [-0.25, -0.2) is 0 Å². The fraction of sp³-hybridized carbons (Fsp3) is 0.158. The van der Waals surface area contributed by atoms with Crippen molar-refractivity contribution in [3.05, 3.63) is 70.3 Å². The molecule has 0 saturated heterocycles. The second kappa shape index (κ2) is 5.08. The van der Waals surface area contributed by atoms with Gasteiger partial charge in [0.25, 0.3) is 0 Å². The maximum atomic E-state index is 12.6. The van der Waals surface area contributed by atoms with Crippen molar-refractivity contribution in [3.8, 4) is 11.5 Å². The largest absolute Gasteiger partial charge is 0.289 e. The van der Waals surface area contributed by atoms with Gasteiger partial charge in [0.2, 0.25) is 0 Å². The summed E-state index contributed by atoms with van der Waals surface area (Å²) in [5, 5.41) is 0. The van der Waals surface area contributed by atoms with Gasteiger partial charge >= 0.3 is 0 Å². The molecule has 108 valence electrons. The predicted octanol–water partition coefficient (Wildman–Crippen LogP) is 3.69. The van der Waals surface area contributed by atoms with E-state index < -0.39 is 8.07 Å². The van der Waals surface area contributed by atoms with Gasteiger partial charge in [-0.3, -0.25) is 9.59 Å². The van der Waals surface area contributed by atoms with Crippen molar-refractivity contribution in [1.82, 2.24) is 0 Å². The molecule has 0 aromatic heterocycles. The molecule has 2 aromatic rings. The number of hydrogen-bond acceptors (Lipinski definition) is 2. The van der Waals surface area contributed by atoms with E-state index in [0.29, 0.717) is 22.3 Å². The van der Waals surface area contributed by atoms with Gasteiger partial charge in [-0.1, -0.05) is 49.8 Å². The van der Waals surface area contributed by atoms with Crippen LogP contribution in [-0.4, -0.2) is 19.6 Å². The zero-order valence-electron chi connectivity index (χ0n) is 12.9. The zero-order valence-corrected chi connectivity index (χ0v) is 13.9. The first-order valence-corrected chi connectivity index (χ1v) is 10.7. The summed E-state index contributed by atoms with van der Waals surface area (Å²) < 4.78 is 0. The normalized spacial score (nSPS) is 13.0. The molecule has 0 bridgehead atoms. The lowest BCUT2D eigenvalue weighted by atomic mass is 9.83. The van der Waals surface area contributed by atoms with E-state index >= 15 is 0 Å². The molecule has 0 unspecified atom stereocenters. The van der Waals surface area contributed by atoms with Crippen molar-refractivity contribution in [2.75, 3.05) is 0 Å². The average molecular weight is 304 g/mol. The number of carbonyl (C=O) groups is 2. The number of benzene rings is 2. The maximum Gasteiger partial charge on any atom is 0.194 e. The molecule has 1 aliphatic carbocycles.